The van der Waals surface area contributed by atoms with Crippen LogP contribution >= 0.6 is 0 Å². The molecule has 0 unspecified atom stereocenters. The Morgan fingerprint density at radius 1 is 1.50 bits per heavy atom. The van der Waals surface area contributed by atoms with Crippen LogP contribution in [0.2, 0.25) is 0 Å². The maximum atomic E-state index is 11.5. The van der Waals surface area contributed by atoms with Crippen LogP contribution in [0.3, 0.4) is 0 Å². The standard InChI is InChI=1S/C5H11F2N/c1-2-3-4(8)5(6)7/h4-5H,2-3,8H2,1H3/t4-/m0/s1. The first kappa shape index (κ1) is 7.82. The lowest BCUT2D eigenvalue weighted by atomic mass is 10.2. The zero-order valence-electron chi connectivity index (χ0n) is 4.90. The summed E-state index contributed by atoms with van der Waals surface area (Å²) in [5, 5.41) is 0. The first-order valence-electron chi connectivity index (χ1n) is 2.72. The van der Waals surface area contributed by atoms with E-state index in [1.54, 1.807) is 0 Å². The third kappa shape index (κ3) is 2.91. The number of alkyl halides is 2. The minimum Gasteiger partial charge on any atom is -0.323 e. The van der Waals surface area contributed by atoms with E-state index in [4.69, 9.17) is 5.73 Å². The Hall–Kier alpha value is -0.180. The normalized spacial score (nSPS) is 14.6. The molecule has 50 valence electrons. The Bertz CT molecular complexity index is 56.4. The Labute approximate surface area is 47.9 Å². The quantitative estimate of drug-likeness (QED) is 0.602. The Morgan fingerprint density at radius 2 is 2.00 bits per heavy atom. The van der Waals surface area contributed by atoms with E-state index < -0.39 is 12.5 Å². The van der Waals surface area contributed by atoms with Crippen LogP contribution < -0.4 is 5.73 Å². The fourth-order valence-electron chi connectivity index (χ4n) is 0.459. The van der Waals surface area contributed by atoms with Crippen molar-refractivity contribution in [3.05, 3.63) is 0 Å². The van der Waals surface area contributed by atoms with E-state index >= 15 is 0 Å². The lowest BCUT2D eigenvalue weighted by molar-refractivity contribution is 0.112. The van der Waals surface area contributed by atoms with Crippen LogP contribution in [0, 0.1) is 0 Å². The summed E-state index contributed by atoms with van der Waals surface area (Å²) in [6, 6.07) is -0.917. The molecule has 0 aromatic carbocycles. The maximum absolute atomic E-state index is 11.5. The highest BCUT2D eigenvalue weighted by Crippen LogP contribution is 2.03. The second-order valence-electron chi connectivity index (χ2n) is 1.79. The predicted molar refractivity (Wildman–Crippen MR) is 28.9 cm³/mol. The van der Waals surface area contributed by atoms with Gasteiger partial charge in [-0.25, -0.2) is 8.78 Å². The van der Waals surface area contributed by atoms with Crippen molar-refractivity contribution in [1.29, 1.82) is 0 Å². The van der Waals surface area contributed by atoms with E-state index in [9.17, 15) is 8.78 Å². The largest absolute Gasteiger partial charge is 0.323 e. The zero-order valence-corrected chi connectivity index (χ0v) is 4.90. The molecule has 1 atom stereocenters. The van der Waals surface area contributed by atoms with Gasteiger partial charge in [-0.3, -0.25) is 0 Å². The molecule has 0 aromatic heterocycles. The minimum atomic E-state index is -2.35. The van der Waals surface area contributed by atoms with Crippen molar-refractivity contribution in [1.82, 2.24) is 0 Å². The van der Waals surface area contributed by atoms with E-state index in [1.807, 2.05) is 6.92 Å². The molecule has 0 amide bonds. The molecule has 1 nitrogen and oxygen atoms in total. The van der Waals surface area contributed by atoms with Crippen LogP contribution in [0.15, 0.2) is 0 Å². The highest BCUT2D eigenvalue weighted by molar-refractivity contribution is 4.61. The van der Waals surface area contributed by atoms with Crippen LogP contribution in [-0.4, -0.2) is 12.5 Å². The number of nitrogens with two attached hydrogens (primary N) is 1. The fraction of sp³-hybridized carbons (Fsp3) is 1.00. The van der Waals surface area contributed by atoms with E-state index in [0.717, 1.165) is 6.42 Å². The Balaban J connectivity index is 3.17. The van der Waals surface area contributed by atoms with Crippen molar-refractivity contribution in [3.8, 4) is 0 Å². The molecule has 0 radical (unpaired) electrons. The number of rotatable bonds is 3. The number of halogens is 2. The van der Waals surface area contributed by atoms with Crippen molar-refractivity contribution in [2.24, 2.45) is 5.73 Å². The van der Waals surface area contributed by atoms with Gasteiger partial charge in [0.05, 0.1) is 6.04 Å². The van der Waals surface area contributed by atoms with Gasteiger partial charge in [0.15, 0.2) is 0 Å². The molecule has 0 aliphatic carbocycles. The Morgan fingerprint density at radius 3 is 2.12 bits per heavy atom. The SMILES string of the molecule is CCC[C@H](N)C(F)F. The molecule has 2 N–H and O–H groups in total. The predicted octanol–water partition coefficient (Wildman–Crippen LogP) is 1.38. The van der Waals surface area contributed by atoms with Crippen LogP contribution in [0.4, 0.5) is 8.78 Å². The van der Waals surface area contributed by atoms with E-state index in [1.165, 1.54) is 0 Å². The lowest BCUT2D eigenvalue weighted by Gasteiger charge is -2.06. The van der Waals surface area contributed by atoms with Gasteiger partial charge in [0.2, 0.25) is 0 Å². The highest BCUT2D eigenvalue weighted by atomic mass is 19.3. The molecule has 0 spiro atoms. The number of hydrogen-bond acceptors (Lipinski definition) is 1. The average Bonchev–Trinajstić information content (AvgIpc) is 1.67. The van der Waals surface area contributed by atoms with Crippen molar-refractivity contribution >= 4 is 0 Å². The summed E-state index contributed by atoms with van der Waals surface area (Å²) in [6.45, 7) is 1.84. The molecule has 0 saturated heterocycles. The summed E-state index contributed by atoms with van der Waals surface area (Å²) in [7, 11) is 0. The molecule has 0 aromatic rings. The van der Waals surface area contributed by atoms with Gasteiger partial charge in [0, 0.05) is 0 Å². The minimum absolute atomic E-state index is 0.414. The topological polar surface area (TPSA) is 26.0 Å². The van der Waals surface area contributed by atoms with Crippen molar-refractivity contribution in [3.63, 3.8) is 0 Å². The molecule has 0 aliphatic heterocycles. The molecular formula is C5H11F2N. The van der Waals surface area contributed by atoms with Gasteiger partial charge in [0.1, 0.15) is 0 Å². The highest BCUT2D eigenvalue weighted by Gasteiger charge is 2.12. The van der Waals surface area contributed by atoms with Crippen LogP contribution in [0.1, 0.15) is 19.8 Å². The van der Waals surface area contributed by atoms with Crippen molar-refractivity contribution < 1.29 is 8.78 Å². The molecular weight excluding hydrogens is 112 g/mol. The summed E-state index contributed by atoms with van der Waals surface area (Å²) in [4.78, 5) is 0. The molecule has 0 fully saturated rings. The summed E-state index contributed by atoms with van der Waals surface area (Å²) in [5.41, 5.74) is 4.98. The van der Waals surface area contributed by atoms with E-state index in [-0.39, 0.29) is 0 Å². The second-order valence-corrected chi connectivity index (χ2v) is 1.79. The average molecular weight is 123 g/mol. The molecule has 0 rings (SSSR count). The van der Waals surface area contributed by atoms with Gasteiger partial charge in [0.25, 0.3) is 6.43 Å². The van der Waals surface area contributed by atoms with Crippen LogP contribution in [0.5, 0.6) is 0 Å². The molecule has 0 aliphatic rings. The van der Waals surface area contributed by atoms with Crippen LogP contribution in [0.25, 0.3) is 0 Å². The molecule has 3 heteroatoms. The summed E-state index contributed by atoms with van der Waals surface area (Å²) < 4.78 is 23.0. The van der Waals surface area contributed by atoms with Gasteiger partial charge in [-0.05, 0) is 6.42 Å². The first-order valence-corrected chi connectivity index (χ1v) is 2.72. The zero-order chi connectivity index (χ0) is 6.57. The van der Waals surface area contributed by atoms with Gasteiger partial charge in [-0.2, -0.15) is 0 Å². The number of hydrogen-bond donors (Lipinski definition) is 1. The van der Waals surface area contributed by atoms with E-state index in [0.29, 0.717) is 6.42 Å². The smallest absolute Gasteiger partial charge is 0.253 e. The first-order chi connectivity index (χ1) is 3.68. The van der Waals surface area contributed by atoms with Crippen molar-refractivity contribution in [2.75, 3.05) is 0 Å². The van der Waals surface area contributed by atoms with Gasteiger partial charge < -0.3 is 5.73 Å². The van der Waals surface area contributed by atoms with Gasteiger partial charge >= 0.3 is 0 Å². The second kappa shape index (κ2) is 3.78. The summed E-state index contributed by atoms with van der Waals surface area (Å²) in [6.07, 6.45) is -1.21. The lowest BCUT2D eigenvalue weighted by Crippen LogP contribution is -2.27. The maximum Gasteiger partial charge on any atom is 0.253 e. The van der Waals surface area contributed by atoms with Gasteiger partial charge in [-0.1, -0.05) is 13.3 Å². The fourth-order valence-corrected chi connectivity index (χ4v) is 0.459. The van der Waals surface area contributed by atoms with Crippen LogP contribution in [-0.2, 0) is 0 Å². The molecule has 0 heterocycles. The van der Waals surface area contributed by atoms with E-state index in [2.05, 4.69) is 0 Å². The summed E-state index contributed by atoms with van der Waals surface area (Å²) in [5.74, 6) is 0. The molecule has 0 bridgehead atoms. The third-order valence-electron chi connectivity index (χ3n) is 0.946. The molecule has 8 heavy (non-hydrogen) atoms. The monoisotopic (exact) mass is 123 g/mol. The van der Waals surface area contributed by atoms with Gasteiger partial charge in [-0.15, -0.1) is 0 Å². The third-order valence-corrected chi connectivity index (χ3v) is 0.946. The van der Waals surface area contributed by atoms with Crippen molar-refractivity contribution in [2.45, 2.75) is 32.2 Å². The Kier molecular flexibility index (Phi) is 3.69. The summed E-state index contributed by atoms with van der Waals surface area (Å²) >= 11 is 0. The molecule has 0 saturated carbocycles.